The smallest absolute Gasteiger partial charge is 0.403 e. The van der Waals surface area contributed by atoms with Gasteiger partial charge in [-0.15, -0.1) is 0 Å². The monoisotopic (exact) mass is 302 g/mol. The van der Waals surface area contributed by atoms with E-state index in [2.05, 4.69) is 0 Å². The summed E-state index contributed by atoms with van der Waals surface area (Å²) >= 11 is 0. The van der Waals surface area contributed by atoms with Crippen LogP contribution in [0.5, 0.6) is 5.75 Å². The van der Waals surface area contributed by atoms with Crippen molar-refractivity contribution in [2.24, 2.45) is 5.92 Å². The highest BCUT2D eigenvalue weighted by atomic mass is 19.4. The molecule has 0 heterocycles. The first-order valence-electron chi connectivity index (χ1n) is 5.50. The Morgan fingerprint density at radius 3 is 2.10 bits per heavy atom. The molecule has 0 spiro atoms. The minimum Gasteiger partial charge on any atom is -0.497 e. The van der Waals surface area contributed by atoms with Gasteiger partial charge in [0.25, 0.3) is 0 Å². The highest BCUT2D eigenvalue weighted by Crippen LogP contribution is 2.42. The molecule has 2 nitrogen and oxygen atoms in total. The van der Waals surface area contributed by atoms with Crippen LogP contribution in [-0.4, -0.2) is 30.7 Å². The number of rotatable bonds is 4. The Kier molecular flexibility index (Phi) is 4.90. The van der Waals surface area contributed by atoms with Crippen molar-refractivity contribution in [1.29, 1.82) is 0 Å². The quantitative estimate of drug-likeness (QED) is 0.864. The molecule has 0 radical (unpaired) electrons. The van der Waals surface area contributed by atoms with Gasteiger partial charge in [0.05, 0.1) is 13.2 Å². The third-order valence-corrected chi connectivity index (χ3v) is 2.67. The van der Waals surface area contributed by atoms with Crippen LogP contribution in [0.15, 0.2) is 24.3 Å². The maximum atomic E-state index is 12.4. The van der Waals surface area contributed by atoms with E-state index in [0.717, 1.165) is 0 Å². The number of hydrogen-bond donors (Lipinski definition) is 1. The summed E-state index contributed by atoms with van der Waals surface area (Å²) in [4.78, 5) is 0. The number of alkyl halides is 6. The summed E-state index contributed by atoms with van der Waals surface area (Å²) in [5.74, 6) is -3.49. The van der Waals surface area contributed by atoms with Crippen LogP contribution >= 0.6 is 0 Å². The summed E-state index contributed by atoms with van der Waals surface area (Å²) in [6.07, 6.45) is -14.5. The number of ether oxygens (including phenoxy) is 1. The second-order valence-electron chi connectivity index (χ2n) is 4.18. The Hall–Kier alpha value is -1.44. The Morgan fingerprint density at radius 1 is 1.10 bits per heavy atom. The lowest BCUT2D eigenvalue weighted by atomic mass is 9.95. The van der Waals surface area contributed by atoms with Gasteiger partial charge in [0.15, 0.2) is 5.92 Å². The molecule has 0 aliphatic carbocycles. The lowest BCUT2D eigenvalue weighted by Crippen LogP contribution is -2.45. The Bertz CT molecular complexity index is 426. The van der Waals surface area contributed by atoms with E-state index in [1.54, 1.807) is 0 Å². The standard InChI is InChI=1S/C12H12F6O2/c1-20-8-4-2-3-7(5-8)6-9(19)10(11(13,14)15)12(16,17)18/h2-5,9-10,19H,6H2,1H3. The normalized spacial score (nSPS) is 14.4. The van der Waals surface area contributed by atoms with Crippen molar-refractivity contribution in [2.75, 3.05) is 7.11 Å². The van der Waals surface area contributed by atoms with Gasteiger partial charge in [0.1, 0.15) is 5.75 Å². The molecule has 1 unspecified atom stereocenters. The van der Waals surface area contributed by atoms with Gasteiger partial charge in [-0.2, -0.15) is 26.3 Å². The van der Waals surface area contributed by atoms with Crippen LogP contribution in [-0.2, 0) is 6.42 Å². The number of halogens is 6. The molecule has 0 amide bonds. The predicted molar refractivity (Wildman–Crippen MR) is 58.3 cm³/mol. The van der Waals surface area contributed by atoms with Crippen LogP contribution in [0.1, 0.15) is 5.56 Å². The number of methoxy groups -OCH3 is 1. The molecule has 20 heavy (non-hydrogen) atoms. The van der Waals surface area contributed by atoms with E-state index >= 15 is 0 Å². The zero-order chi connectivity index (χ0) is 15.6. The highest BCUT2D eigenvalue weighted by molar-refractivity contribution is 5.28. The number of benzene rings is 1. The molecule has 0 aromatic heterocycles. The molecule has 1 rings (SSSR count). The summed E-state index contributed by atoms with van der Waals surface area (Å²) in [5, 5.41) is 9.32. The third kappa shape index (κ3) is 4.29. The molecule has 0 fully saturated rings. The molecule has 8 heteroatoms. The predicted octanol–water partition coefficient (Wildman–Crippen LogP) is 3.34. The Morgan fingerprint density at radius 2 is 1.65 bits per heavy atom. The SMILES string of the molecule is COc1cccc(CC(O)C(C(F)(F)F)C(F)(F)F)c1. The molecule has 1 N–H and O–H groups in total. The van der Waals surface area contributed by atoms with Crippen LogP contribution in [0, 0.1) is 5.92 Å². The summed E-state index contributed by atoms with van der Waals surface area (Å²) < 4.78 is 79.3. The summed E-state index contributed by atoms with van der Waals surface area (Å²) in [5.41, 5.74) is 0.121. The van der Waals surface area contributed by atoms with Crippen LogP contribution in [0.4, 0.5) is 26.3 Å². The number of aliphatic hydroxyl groups is 1. The second-order valence-corrected chi connectivity index (χ2v) is 4.18. The fourth-order valence-corrected chi connectivity index (χ4v) is 1.78. The van der Waals surface area contributed by atoms with Crippen molar-refractivity contribution in [3.05, 3.63) is 29.8 Å². The molecule has 1 atom stereocenters. The summed E-state index contributed by atoms with van der Waals surface area (Å²) in [6, 6.07) is 5.49. The minimum atomic E-state index is -5.56. The van der Waals surface area contributed by atoms with E-state index in [-0.39, 0.29) is 11.3 Å². The van der Waals surface area contributed by atoms with Gasteiger partial charge in [-0.25, -0.2) is 0 Å². The van der Waals surface area contributed by atoms with Gasteiger partial charge in [-0.3, -0.25) is 0 Å². The van der Waals surface area contributed by atoms with Crippen LogP contribution < -0.4 is 4.74 Å². The minimum absolute atomic E-state index is 0.121. The maximum Gasteiger partial charge on any atom is 0.403 e. The fourth-order valence-electron chi connectivity index (χ4n) is 1.78. The molecule has 0 aliphatic heterocycles. The van der Waals surface area contributed by atoms with Gasteiger partial charge < -0.3 is 9.84 Å². The molecule has 114 valence electrons. The average Bonchev–Trinajstić information content (AvgIpc) is 2.24. The van der Waals surface area contributed by atoms with E-state index < -0.39 is 30.8 Å². The molecule has 1 aromatic carbocycles. The molecule has 1 aromatic rings. The third-order valence-electron chi connectivity index (χ3n) is 2.67. The van der Waals surface area contributed by atoms with Gasteiger partial charge in [0, 0.05) is 0 Å². The van der Waals surface area contributed by atoms with E-state index in [1.165, 1.54) is 31.4 Å². The van der Waals surface area contributed by atoms with E-state index in [1.807, 2.05) is 0 Å². The van der Waals surface area contributed by atoms with Crippen molar-refractivity contribution < 1.29 is 36.2 Å². The highest BCUT2D eigenvalue weighted by Gasteiger charge is 2.59. The van der Waals surface area contributed by atoms with Crippen molar-refractivity contribution in [3.63, 3.8) is 0 Å². The topological polar surface area (TPSA) is 29.5 Å². The first-order chi connectivity index (χ1) is 9.05. The van der Waals surface area contributed by atoms with Crippen molar-refractivity contribution >= 4 is 0 Å². The molecule has 0 saturated carbocycles. The van der Waals surface area contributed by atoms with Crippen LogP contribution in [0.25, 0.3) is 0 Å². The lowest BCUT2D eigenvalue weighted by Gasteiger charge is -2.27. The Labute approximate surface area is 111 Å². The van der Waals surface area contributed by atoms with E-state index in [9.17, 15) is 31.4 Å². The lowest BCUT2D eigenvalue weighted by molar-refractivity contribution is -0.305. The van der Waals surface area contributed by atoms with Gasteiger partial charge in [0.2, 0.25) is 0 Å². The zero-order valence-corrected chi connectivity index (χ0v) is 10.3. The van der Waals surface area contributed by atoms with Crippen LogP contribution in [0.2, 0.25) is 0 Å². The van der Waals surface area contributed by atoms with Crippen LogP contribution in [0.3, 0.4) is 0 Å². The zero-order valence-electron chi connectivity index (χ0n) is 10.3. The maximum absolute atomic E-state index is 12.4. The first kappa shape index (κ1) is 16.6. The second kappa shape index (κ2) is 5.90. The molecule has 0 bridgehead atoms. The van der Waals surface area contributed by atoms with Gasteiger partial charge in [-0.1, -0.05) is 12.1 Å². The van der Waals surface area contributed by atoms with Crippen molar-refractivity contribution in [3.8, 4) is 5.75 Å². The summed E-state index contributed by atoms with van der Waals surface area (Å²) in [7, 11) is 1.31. The van der Waals surface area contributed by atoms with E-state index in [0.29, 0.717) is 0 Å². The Balaban J connectivity index is 2.94. The first-order valence-corrected chi connectivity index (χ1v) is 5.50. The summed E-state index contributed by atoms with van der Waals surface area (Å²) in [6.45, 7) is 0. The van der Waals surface area contributed by atoms with E-state index in [4.69, 9.17) is 4.74 Å². The molecular formula is C12H12F6O2. The number of aliphatic hydroxyl groups excluding tert-OH is 1. The van der Waals surface area contributed by atoms with Gasteiger partial charge >= 0.3 is 12.4 Å². The number of hydrogen-bond acceptors (Lipinski definition) is 2. The fraction of sp³-hybridized carbons (Fsp3) is 0.500. The largest absolute Gasteiger partial charge is 0.497 e. The van der Waals surface area contributed by atoms with Gasteiger partial charge in [-0.05, 0) is 24.1 Å². The molecule has 0 aliphatic rings. The molecular weight excluding hydrogens is 290 g/mol. The van der Waals surface area contributed by atoms with Crippen molar-refractivity contribution in [1.82, 2.24) is 0 Å². The average molecular weight is 302 g/mol. The molecule has 0 saturated heterocycles. The van der Waals surface area contributed by atoms with Crippen molar-refractivity contribution in [2.45, 2.75) is 24.9 Å².